The highest BCUT2D eigenvalue weighted by Crippen LogP contribution is 2.17. The van der Waals surface area contributed by atoms with Gasteiger partial charge in [-0.15, -0.1) is 0 Å². The third-order valence-electron chi connectivity index (χ3n) is 4.01. The first kappa shape index (κ1) is 23.2. The molecule has 0 saturated carbocycles. The molecule has 2 aromatic rings. The number of nitrogens with two attached hydrogens (primary N) is 2. The molecule has 2 heterocycles. The minimum absolute atomic E-state index is 0.0226. The van der Waals surface area contributed by atoms with Gasteiger partial charge in [0.1, 0.15) is 18.1 Å². The molecule has 0 aliphatic rings. The number of carbonyl (C=O) groups is 2. The van der Waals surface area contributed by atoms with Crippen LogP contribution < -0.4 is 16.8 Å². The lowest BCUT2D eigenvalue weighted by atomic mass is 10.1. The number of rotatable bonds is 9. The number of anilines is 2. The Morgan fingerprint density at radius 3 is 2.57 bits per heavy atom. The SMILES string of the molecule is CC.CCC(=O)C(CO)N(CCNC)C(=O)Cn1cnc2c(N)nc(N)nc21. The predicted molar refractivity (Wildman–Crippen MR) is 107 cm³/mol. The second kappa shape index (κ2) is 11.1. The van der Waals surface area contributed by atoms with Crippen molar-refractivity contribution in [3.8, 4) is 0 Å². The van der Waals surface area contributed by atoms with Gasteiger partial charge in [-0.05, 0) is 7.05 Å². The molecule has 6 N–H and O–H groups in total. The zero-order valence-electron chi connectivity index (χ0n) is 16.8. The van der Waals surface area contributed by atoms with Gasteiger partial charge in [-0.2, -0.15) is 9.97 Å². The molecule has 1 atom stereocenters. The number of nitrogens with one attached hydrogen (secondary N) is 1. The number of hydrogen-bond donors (Lipinski definition) is 4. The van der Waals surface area contributed by atoms with Crippen LogP contribution in [0.2, 0.25) is 0 Å². The van der Waals surface area contributed by atoms with Crippen LogP contribution >= 0.6 is 0 Å². The molecule has 0 aromatic carbocycles. The Labute approximate surface area is 164 Å². The summed E-state index contributed by atoms with van der Waals surface area (Å²) in [6, 6.07) is -0.889. The number of Topliss-reactive ketones (excluding diaryl/α,β-unsaturated/α-hetero) is 1. The third kappa shape index (κ3) is 5.36. The van der Waals surface area contributed by atoms with Gasteiger partial charge >= 0.3 is 0 Å². The predicted octanol–water partition coefficient (Wildman–Crippen LogP) is -0.595. The molecule has 0 aliphatic carbocycles. The van der Waals surface area contributed by atoms with E-state index in [1.807, 2.05) is 13.8 Å². The number of nitrogens with zero attached hydrogens (tertiary/aromatic N) is 5. The van der Waals surface area contributed by atoms with Crippen LogP contribution in [0.1, 0.15) is 27.2 Å². The molecule has 0 saturated heterocycles. The summed E-state index contributed by atoms with van der Waals surface area (Å²) in [5.74, 6) is -0.454. The highest BCUT2D eigenvalue weighted by Gasteiger charge is 2.28. The lowest BCUT2D eigenvalue weighted by Crippen LogP contribution is -2.50. The standard InChI is InChI=1S/C15H24N8O3.C2H6/c1-3-10(25)9(7-24)23(5-4-18-2)11(26)6-22-8-19-12-13(16)20-15(17)21-14(12)22;1-2/h8-9,18,24H,3-7H2,1-2H3,(H4,16,17,20,21);1-2H3. The largest absolute Gasteiger partial charge is 0.394 e. The van der Waals surface area contributed by atoms with Crippen molar-refractivity contribution >= 4 is 34.6 Å². The third-order valence-corrected chi connectivity index (χ3v) is 4.01. The molecule has 0 fully saturated rings. The van der Waals surface area contributed by atoms with Gasteiger partial charge in [-0.1, -0.05) is 20.8 Å². The Morgan fingerprint density at radius 1 is 1.32 bits per heavy atom. The first-order valence-electron chi connectivity index (χ1n) is 9.24. The van der Waals surface area contributed by atoms with Crippen LogP contribution in [0.3, 0.4) is 0 Å². The number of aliphatic hydroxyl groups excluding tert-OH is 1. The van der Waals surface area contributed by atoms with Crippen LogP contribution in [0, 0.1) is 0 Å². The molecule has 11 heteroatoms. The fourth-order valence-electron chi connectivity index (χ4n) is 2.63. The normalized spacial score (nSPS) is 11.6. The van der Waals surface area contributed by atoms with E-state index in [1.165, 1.54) is 15.8 Å². The molecule has 0 radical (unpaired) electrons. The van der Waals surface area contributed by atoms with E-state index in [2.05, 4.69) is 20.3 Å². The second-order valence-electron chi connectivity index (χ2n) is 5.72. The van der Waals surface area contributed by atoms with E-state index in [0.29, 0.717) is 17.7 Å². The van der Waals surface area contributed by atoms with Crippen LogP contribution in [0.15, 0.2) is 6.33 Å². The maximum atomic E-state index is 12.8. The van der Waals surface area contributed by atoms with Crippen molar-refractivity contribution in [2.75, 3.05) is 38.2 Å². The van der Waals surface area contributed by atoms with Gasteiger partial charge in [0.25, 0.3) is 0 Å². The Hall–Kier alpha value is -2.79. The van der Waals surface area contributed by atoms with Crippen molar-refractivity contribution in [3.63, 3.8) is 0 Å². The smallest absolute Gasteiger partial charge is 0.243 e. The van der Waals surface area contributed by atoms with E-state index in [4.69, 9.17) is 11.5 Å². The van der Waals surface area contributed by atoms with E-state index in [0.717, 1.165) is 0 Å². The first-order valence-corrected chi connectivity index (χ1v) is 9.24. The average molecular weight is 394 g/mol. The van der Waals surface area contributed by atoms with Crippen LogP contribution in [-0.2, 0) is 16.1 Å². The number of imidazole rings is 1. The van der Waals surface area contributed by atoms with Crippen molar-refractivity contribution < 1.29 is 14.7 Å². The summed E-state index contributed by atoms with van der Waals surface area (Å²) in [4.78, 5) is 38.3. The Balaban J connectivity index is 0.00000190. The molecular weight excluding hydrogens is 364 g/mol. The van der Waals surface area contributed by atoms with Crippen LogP contribution in [-0.4, -0.2) is 74.0 Å². The number of aromatic nitrogens is 4. The molecule has 0 bridgehead atoms. The molecule has 28 heavy (non-hydrogen) atoms. The van der Waals surface area contributed by atoms with Gasteiger partial charge in [0.05, 0.1) is 12.9 Å². The highest BCUT2D eigenvalue weighted by atomic mass is 16.3. The lowest BCUT2D eigenvalue weighted by Gasteiger charge is -2.29. The van der Waals surface area contributed by atoms with Crippen LogP contribution in [0.5, 0.6) is 0 Å². The minimum atomic E-state index is -0.889. The molecule has 1 amide bonds. The molecule has 2 aromatic heterocycles. The summed E-state index contributed by atoms with van der Waals surface area (Å²) in [5, 5.41) is 12.5. The zero-order chi connectivity index (χ0) is 21.3. The van der Waals surface area contributed by atoms with Gasteiger partial charge < -0.3 is 31.4 Å². The zero-order valence-corrected chi connectivity index (χ0v) is 16.8. The number of likely N-dealkylation sites (N-methyl/N-ethyl adjacent to an activating group) is 1. The summed E-state index contributed by atoms with van der Waals surface area (Å²) in [6.07, 6.45) is 1.64. The van der Waals surface area contributed by atoms with Crippen molar-refractivity contribution in [1.82, 2.24) is 29.7 Å². The van der Waals surface area contributed by atoms with E-state index in [1.54, 1.807) is 14.0 Å². The molecule has 0 spiro atoms. The maximum Gasteiger partial charge on any atom is 0.243 e. The quantitative estimate of drug-likeness (QED) is 0.434. The van der Waals surface area contributed by atoms with Crippen molar-refractivity contribution in [2.45, 2.75) is 39.8 Å². The Kier molecular flexibility index (Phi) is 9.25. The van der Waals surface area contributed by atoms with Gasteiger partial charge in [0, 0.05) is 19.5 Å². The number of carbonyl (C=O) groups excluding carboxylic acids is 2. The average Bonchev–Trinajstić information content (AvgIpc) is 3.08. The van der Waals surface area contributed by atoms with E-state index in [-0.39, 0.29) is 43.0 Å². The van der Waals surface area contributed by atoms with Crippen molar-refractivity contribution in [1.29, 1.82) is 0 Å². The number of hydrogen-bond acceptors (Lipinski definition) is 9. The van der Waals surface area contributed by atoms with E-state index < -0.39 is 12.6 Å². The fourth-order valence-corrected chi connectivity index (χ4v) is 2.63. The fraction of sp³-hybridized carbons (Fsp3) is 0.588. The first-order chi connectivity index (χ1) is 13.4. The lowest BCUT2D eigenvalue weighted by molar-refractivity contribution is -0.141. The second-order valence-corrected chi connectivity index (χ2v) is 5.72. The number of nitrogen functional groups attached to an aromatic ring is 2. The summed E-state index contributed by atoms with van der Waals surface area (Å²) >= 11 is 0. The van der Waals surface area contributed by atoms with Gasteiger partial charge in [-0.3, -0.25) is 9.59 Å². The summed E-state index contributed by atoms with van der Waals surface area (Å²) in [7, 11) is 1.74. The summed E-state index contributed by atoms with van der Waals surface area (Å²) < 4.78 is 1.49. The van der Waals surface area contributed by atoms with E-state index in [9.17, 15) is 14.7 Å². The molecule has 1 unspecified atom stereocenters. The minimum Gasteiger partial charge on any atom is -0.394 e. The number of ketones is 1. The number of fused-ring (bicyclic) bond motifs is 1. The van der Waals surface area contributed by atoms with Crippen molar-refractivity contribution in [2.24, 2.45) is 0 Å². The molecule has 0 aliphatic heterocycles. The maximum absolute atomic E-state index is 12.8. The molecule has 2 rings (SSSR count). The molecule has 156 valence electrons. The number of amides is 1. The highest BCUT2D eigenvalue weighted by molar-refractivity contribution is 5.90. The van der Waals surface area contributed by atoms with Gasteiger partial charge in [0.15, 0.2) is 17.2 Å². The van der Waals surface area contributed by atoms with Crippen molar-refractivity contribution in [3.05, 3.63) is 6.33 Å². The van der Waals surface area contributed by atoms with Crippen LogP contribution in [0.25, 0.3) is 11.2 Å². The Morgan fingerprint density at radius 2 is 2.00 bits per heavy atom. The molecule has 11 nitrogen and oxygen atoms in total. The summed E-state index contributed by atoms with van der Waals surface area (Å²) in [6.45, 7) is 5.89. The van der Waals surface area contributed by atoms with Crippen LogP contribution in [0.4, 0.5) is 11.8 Å². The topological polar surface area (TPSA) is 165 Å². The number of aliphatic hydroxyl groups is 1. The van der Waals surface area contributed by atoms with Gasteiger partial charge in [-0.25, -0.2) is 4.98 Å². The monoisotopic (exact) mass is 394 g/mol. The van der Waals surface area contributed by atoms with E-state index >= 15 is 0 Å². The summed E-state index contributed by atoms with van der Waals surface area (Å²) in [5.41, 5.74) is 12.1. The molecular formula is C17H30N8O3. The Bertz CT molecular complexity index is 792. The van der Waals surface area contributed by atoms with Gasteiger partial charge in [0.2, 0.25) is 11.9 Å².